The number of rotatable bonds is 5. The van der Waals surface area contributed by atoms with Gasteiger partial charge < -0.3 is 14.4 Å². The maximum absolute atomic E-state index is 10.6. The summed E-state index contributed by atoms with van der Waals surface area (Å²) in [6.45, 7) is 3.83. The van der Waals surface area contributed by atoms with Gasteiger partial charge in [-0.05, 0) is 19.4 Å². The molecule has 2 rings (SSSR count). The first-order chi connectivity index (χ1) is 9.57. The maximum Gasteiger partial charge on any atom is 0.179 e. The highest BCUT2D eigenvalue weighted by Gasteiger charge is 2.33. The molecule has 0 aliphatic carbocycles. The van der Waals surface area contributed by atoms with Crippen LogP contribution in [0.3, 0.4) is 0 Å². The van der Waals surface area contributed by atoms with Crippen molar-refractivity contribution in [1.82, 2.24) is 5.16 Å². The fraction of sp³-hybridized carbons (Fsp3) is 0.312. The van der Waals surface area contributed by atoms with Crippen molar-refractivity contribution in [2.45, 2.75) is 26.1 Å². The van der Waals surface area contributed by atoms with Gasteiger partial charge in [0.1, 0.15) is 5.76 Å². The molecule has 1 aromatic heterocycles. The van der Waals surface area contributed by atoms with Crippen LogP contribution in [0.25, 0.3) is 0 Å². The molecular formula is C16H17NO3. The van der Waals surface area contributed by atoms with Crippen molar-refractivity contribution in [3.8, 4) is 12.3 Å². The van der Waals surface area contributed by atoms with Gasteiger partial charge in [-0.1, -0.05) is 41.4 Å². The summed E-state index contributed by atoms with van der Waals surface area (Å²) in [6, 6.07) is 9.70. The Labute approximate surface area is 118 Å². The van der Waals surface area contributed by atoms with E-state index in [1.807, 2.05) is 30.3 Å². The summed E-state index contributed by atoms with van der Waals surface area (Å²) in [5.41, 5.74) is 0.577. The van der Waals surface area contributed by atoms with Crippen molar-refractivity contribution in [2.75, 3.05) is 6.61 Å². The van der Waals surface area contributed by atoms with Gasteiger partial charge in [0, 0.05) is 0 Å². The van der Waals surface area contributed by atoms with E-state index >= 15 is 0 Å². The lowest BCUT2D eigenvalue weighted by Crippen LogP contribution is -2.31. The van der Waals surface area contributed by atoms with Crippen LogP contribution in [0.1, 0.15) is 22.6 Å². The predicted octanol–water partition coefficient (Wildman–Crippen LogP) is 2.33. The van der Waals surface area contributed by atoms with Crippen molar-refractivity contribution < 1.29 is 14.4 Å². The number of hydrogen-bond acceptors (Lipinski definition) is 4. The van der Waals surface area contributed by atoms with Gasteiger partial charge in [-0.25, -0.2) is 0 Å². The van der Waals surface area contributed by atoms with Gasteiger partial charge in [0.15, 0.2) is 5.60 Å². The van der Waals surface area contributed by atoms with Crippen LogP contribution in [-0.4, -0.2) is 16.9 Å². The van der Waals surface area contributed by atoms with E-state index in [-0.39, 0.29) is 6.61 Å². The zero-order valence-corrected chi connectivity index (χ0v) is 11.6. The Morgan fingerprint density at radius 3 is 2.60 bits per heavy atom. The summed E-state index contributed by atoms with van der Waals surface area (Å²) < 4.78 is 10.6. The largest absolute Gasteiger partial charge is 0.372 e. The molecule has 4 heteroatoms. The molecule has 0 aliphatic rings. The minimum Gasteiger partial charge on any atom is -0.372 e. The fourth-order valence-electron chi connectivity index (χ4n) is 2.15. The third kappa shape index (κ3) is 2.90. The van der Waals surface area contributed by atoms with E-state index in [2.05, 4.69) is 11.1 Å². The second-order valence-electron chi connectivity index (χ2n) is 4.68. The minimum absolute atomic E-state index is 0.0126. The van der Waals surface area contributed by atoms with Gasteiger partial charge in [-0.15, -0.1) is 6.42 Å². The lowest BCUT2D eigenvalue weighted by atomic mass is 9.94. The van der Waals surface area contributed by atoms with Crippen molar-refractivity contribution in [2.24, 2.45) is 0 Å². The molecule has 0 fully saturated rings. The van der Waals surface area contributed by atoms with E-state index in [9.17, 15) is 5.11 Å². The van der Waals surface area contributed by atoms with Gasteiger partial charge >= 0.3 is 0 Å². The standard InChI is InChI=1S/C16H17NO3/c1-4-16(18,15-12(2)17-20-13(15)3)11-19-10-14-8-6-5-7-9-14/h1,5-9,18H,10-11H2,2-3H3. The molecule has 1 atom stereocenters. The molecule has 0 saturated heterocycles. The zero-order chi connectivity index (χ0) is 14.6. The first-order valence-electron chi connectivity index (χ1n) is 6.32. The Balaban J connectivity index is 2.08. The molecule has 4 nitrogen and oxygen atoms in total. The highest BCUT2D eigenvalue weighted by Crippen LogP contribution is 2.27. The Morgan fingerprint density at radius 2 is 2.05 bits per heavy atom. The van der Waals surface area contributed by atoms with E-state index < -0.39 is 5.60 Å². The number of ether oxygens (including phenoxy) is 1. The number of hydrogen-bond donors (Lipinski definition) is 1. The molecular weight excluding hydrogens is 254 g/mol. The van der Waals surface area contributed by atoms with Crippen LogP contribution in [-0.2, 0) is 16.9 Å². The van der Waals surface area contributed by atoms with Gasteiger partial charge in [-0.2, -0.15) is 0 Å². The Bertz CT molecular complexity index is 593. The third-order valence-corrected chi connectivity index (χ3v) is 3.11. The second-order valence-corrected chi connectivity index (χ2v) is 4.68. The second kappa shape index (κ2) is 5.91. The summed E-state index contributed by atoms with van der Waals surface area (Å²) >= 11 is 0. The average molecular weight is 271 g/mol. The lowest BCUT2D eigenvalue weighted by Gasteiger charge is -2.22. The van der Waals surface area contributed by atoms with Crippen LogP contribution >= 0.6 is 0 Å². The molecule has 20 heavy (non-hydrogen) atoms. The summed E-state index contributed by atoms with van der Waals surface area (Å²) in [5.74, 6) is 2.89. The van der Waals surface area contributed by atoms with Crippen molar-refractivity contribution in [1.29, 1.82) is 0 Å². The highest BCUT2D eigenvalue weighted by atomic mass is 16.5. The van der Waals surface area contributed by atoms with E-state index in [0.29, 0.717) is 23.6 Å². The number of aliphatic hydroxyl groups is 1. The monoisotopic (exact) mass is 271 g/mol. The third-order valence-electron chi connectivity index (χ3n) is 3.11. The van der Waals surface area contributed by atoms with Crippen LogP contribution in [0, 0.1) is 26.2 Å². The molecule has 1 unspecified atom stereocenters. The first-order valence-corrected chi connectivity index (χ1v) is 6.32. The normalized spacial score (nSPS) is 13.7. The summed E-state index contributed by atoms with van der Waals surface area (Å²) in [7, 11) is 0. The molecule has 1 heterocycles. The minimum atomic E-state index is -1.52. The molecule has 1 N–H and O–H groups in total. The average Bonchev–Trinajstić information content (AvgIpc) is 2.80. The number of terminal acetylenes is 1. The Kier molecular flexibility index (Phi) is 4.23. The van der Waals surface area contributed by atoms with E-state index in [0.717, 1.165) is 5.56 Å². The van der Waals surface area contributed by atoms with Gasteiger partial charge in [0.05, 0.1) is 24.5 Å². The first kappa shape index (κ1) is 14.3. The van der Waals surface area contributed by atoms with Gasteiger partial charge in [0.25, 0.3) is 0 Å². The lowest BCUT2D eigenvalue weighted by molar-refractivity contribution is -0.0177. The van der Waals surface area contributed by atoms with Crippen molar-refractivity contribution >= 4 is 0 Å². The van der Waals surface area contributed by atoms with Gasteiger partial charge in [0.2, 0.25) is 0 Å². The zero-order valence-electron chi connectivity index (χ0n) is 11.6. The molecule has 1 aromatic carbocycles. The maximum atomic E-state index is 10.6. The highest BCUT2D eigenvalue weighted by molar-refractivity contribution is 5.35. The summed E-state index contributed by atoms with van der Waals surface area (Å²) in [4.78, 5) is 0. The van der Waals surface area contributed by atoms with E-state index in [1.165, 1.54) is 0 Å². The molecule has 0 saturated carbocycles. The smallest absolute Gasteiger partial charge is 0.179 e. The number of aryl methyl sites for hydroxylation is 2. The van der Waals surface area contributed by atoms with Crippen LogP contribution in [0.2, 0.25) is 0 Å². The Morgan fingerprint density at radius 1 is 1.35 bits per heavy atom. The Hall–Kier alpha value is -2.09. The van der Waals surface area contributed by atoms with E-state index in [1.54, 1.807) is 13.8 Å². The summed E-state index contributed by atoms with van der Waals surface area (Å²) in [5, 5.41) is 14.4. The number of benzene rings is 1. The number of nitrogens with zero attached hydrogens (tertiary/aromatic N) is 1. The fourth-order valence-corrected chi connectivity index (χ4v) is 2.15. The molecule has 0 amide bonds. The molecule has 2 aromatic rings. The molecule has 0 aliphatic heterocycles. The van der Waals surface area contributed by atoms with Crippen molar-refractivity contribution in [3.63, 3.8) is 0 Å². The van der Waals surface area contributed by atoms with Crippen LogP contribution in [0.15, 0.2) is 34.9 Å². The number of aromatic nitrogens is 1. The SMILES string of the molecule is C#CC(O)(COCc1ccccc1)c1c(C)noc1C. The van der Waals surface area contributed by atoms with Gasteiger partial charge in [-0.3, -0.25) is 0 Å². The topological polar surface area (TPSA) is 55.5 Å². The molecule has 0 spiro atoms. The van der Waals surface area contributed by atoms with Crippen LogP contribution in [0.5, 0.6) is 0 Å². The van der Waals surface area contributed by atoms with Crippen LogP contribution in [0.4, 0.5) is 0 Å². The van der Waals surface area contributed by atoms with Crippen molar-refractivity contribution in [3.05, 3.63) is 52.9 Å². The predicted molar refractivity (Wildman–Crippen MR) is 74.8 cm³/mol. The molecule has 0 radical (unpaired) electrons. The molecule has 104 valence electrons. The molecule has 0 bridgehead atoms. The summed E-state index contributed by atoms with van der Waals surface area (Å²) in [6.07, 6.45) is 5.47. The van der Waals surface area contributed by atoms with Crippen LogP contribution < -0.4 is 0 Å². The quantitative estimate of drug-likeness (QED) is 0.848. The van der Waals surface area contributed by atoms with E-state index in [4.69, 9.17) is 15.7 Å².